The van der Waals surface area contributed by atoms with E-state index < -0.39 is 13.7 Å². The van der Waals surface area contributed by atoms with Crippen LogP contribution in [0.2, 0.25) is 0 Å². The predicted molar refractivity (Wildman–Crippen MR) is 169 cm³/mol. The average molecular weight is 586 g/mol. The number of carbonyl (C=O) groups is 2. The van der Waals surface area contributed by atoms with Gasteiger partial charge in [0.15, 0.2) is 0 Å². The number of unbranched alkanes of at least 4 members (excludes halogenated alkanes) is 2. The third-order valence-corrected chi connectivity index (χ3v) is 9.39. The molecule has 0 saturated heterocycles. The summed E-state index contributed by atoms with van der Waals surface area (Å²) in [5, 5.41) is 0. The zero-order valence-corrected chi connectivity index (χ0v) is 27.2. The number of esters is 1. The average Bonchev–Trinajstić information content (AvgIpc) is 2.90. The van der Waals surface area contributed by atoms with Gasteiger partial charge in [0.1, 0.15) is 17.1 Å². The van der Waals surface area contributed by atoms with E-state index in [0.29, 0.717) is 25.5 Å². The number of carbonyl (C=O) groups excluding carboxylic acids is 2. The summed E-state index contributed by atoms with van der Waals surface area (Å²) in [6.45, 7) is 6.30. The second-order valence-corrected chi connectivity index (χ2v) is 14.2. The van der Waals surface area contributed by atoms with E-state index in [2.05, 4.69) is 46.2 Å². The molecular formula is C32H48N3O5P. The van der Waals surface area contributed by atoms with Gasteiger partial charge in [-0.05, 0) is 45.7 Å². The zero-order chi connectivity index (χ0) is 30.3. The van der Waals surface area contributed by atoms with Crippen LogP contribution in [0.25, 0.3) is 0 Å². The number of hydrogen-bond acceptors (Lipinski definition) is 7. The fourth-order valence-corrected chi connectivity index (χ4v) is 6.97. The summed E-state index contributed by atoms with van der Waals surface area (Å²) in [6.07, 6.45) is 3.98. The Bertz CT molecular complexity index is 1140. The molecule has 8 nitrogen and oxygen atoms in total. The third kappa shape index (κ3) is 9.08. The quantitative estimate of drug-likeness (QED) is 0.145. The summed E-state index contributed by atoms with van der Waals surface area (Å²) >= 11 is 0. The molecule has 1 amide bonds. The van der Waals surface area contributed by atoms with Crippen molar-refractivity contribution in [1.29, 1.82) is 0 Å². The van der Waals surface area contributed by atoms with Crippen LogP contribution in [0.5, 0.6) is 11.5 Å². The SMILES string of the molecule is COP(CCC(=O)N(C)CCCCCC(=O)OC(C)(C)C)C1c2ccc(N(C)C)cc2Oc2cc(N(C)C)ccc21. The van der Waals surface area contributed by atoms with Crippen molar-refractivity contribution in [3.63, 3.8) is 0 Å². The van der Waals surface area contributed by atoms with Gasteiger partial charge in [-0.3, -0.25) is 9.59 Å². The molecule has 0 fully saturated rings. The number of anilines is 2. The van der Waals surface area contributed by atoms with Gasteiger partial charge in [-0.2, -0.15) is 0 Å². The second kappa shape index (κ2) is 14.4. The predicted octanol–water partition coefficient (Wildman–Crippen LogP) is 6.81. The Hall–Kier alpha value is -2.83. The Labute approximate surface area is 247 Å². The van der Waals surface area contributed by atoms with Gasteiger partial charge in [-0.25, -0.2) is 0 Å². The minimum absolute atomic E-state index is 0.00661. The number of hydrogen-bond donors (Lipinski definition) is 0. The molecule has 9 heteroatoms. The first kappa shape index (κ1) is 32.7. The Morgan fingerprint density at radius 2 is 1.41 bits per heavy atom. The summed E-state index contributed by atoms with van der Waals surface area (Å²) in [7, 11) is 10.7. The third-order valence-electron chi connectivity index (χ3n) is 7.12. The lowest BCUT2D eigenvalue weighted by atomic mass is 9.98. The molecule has 1 atom stereocenters. The highest BCUT2D eigenvalue weighted by atomic mass is 31.1. The Morgan fingerprint density at radius 1 is 0.854 bits per heavy atom. The van der Waals surface area contributed by atoms with E-state index in [9.17, 15) is 9.59 Å². The van der Waals surface area contributed by atoms with Gasteiger partial charge in [0.25, 0.3) is 0 Å². The van der Waals surface area contributed by atoms with Crippen LogP contribution in [-0.4, -0.2) is 77.4 Å². The van der Waals surface area contributed by atoms with E-state index in [-0.39, 0.29) is 17.5 Å². The van der Waals surface area contributed by atoms with Crippen LogP contribution in [0.15, 0.2) is 36.4 Å². The topological polar surface area (TPSA) is 71.5 Å². The van der Waals surface area contributed by atoms with Crippen molar-refractivity contribution in [2.45, 2.75) is 64.1 Å². The van der Waals surface area contributed by atoms with Crippen LogP contribution < -0.4 is 14.5 Å². The molecule has 3 rings (SSSR count). The maximum absolute atomic E-state index is 13.1. The van der Waals surface area contributed by atoms with Crippen molar-refractivity contribution in [3.05, 3.63) is 47.5 Å². The van der Waals surface area contributed by atoms with E-state index in [4.69, 9.17) is 14.0 Å². The van der Waals surface area contributed by atoms with Gasteiger partial charge in [-0.15, -0.1) is 0 Å². The monoisotopic (exact) mass is 585 g/mol. The van der Waals surface area contributed by atoms with Crippen LogP contribution in [0.1, 0.15) is 69.7 Å². The van der Waals surface area contributed by atoms with Gasteiger partial charge < -0.3 is 28.7 Å². The van der Waals surface area contributed by atoms with Crippen LogP contribution >= 0.6 is 8.15 Å². The van der Waals surface area contributed by atoms with Gasteiger partial charge >= 0.3 is 5.97 Å². The lowest BCUT2D eigenvalue weighted by Crippen LogP contribution is -2.28. The standard InChI is InChI=1S/C32H48N3O5P/c1-32(2,3)40-30(37)13-11-10-12-19-35(8)29(36)18-20-41(38-9)31-25-16-14-23(33(4)5)21-27(25)39-28-22-24(34(6)7)15-17-26(28)31/h14-17,21-22,31H,10-13,18-20H2,1-9H3. The summed E-state index contributed by atoms with van der Waals surface area (Å²) in [5.41, 5.74) is 3.88. The van der Waals surface area contributed by atoms with Crippen molar-refractivity contribution in [2.75, 3.05) is 64.9 Å². The number of nitrogens with zero attached hydrogens (tertiary/aromatic N) is 3. The maximum Gasteiger partial charge on any atom is 0.306 e. The van der Waals surface area contributed by atoms with E-state index in [0.717, 1.165) is 53.3 Å². The summed E-state index contributed by atoms with van der Waals surface area (Å²) < 4.78 is 17.9. The second-order valence-electron chi connectivity index (χ2n) is 12.0. The normalized spacial score (nSPS) is 13.5. The molecule has 0 radical (unpaired) electrons. The molecule has 1 aliphatic heterocycles. The van der Waals surface area contributed by atoms with E-state index in [1.807, 2.05) is 56.0 Å². The molecule has 1 aliphatic rings. The number of amides is 1. The summed E-state index contributed by atoms with van der Waals surface area (Å²) in [4.78, 5) is 30.9. The molecule has 0 spiro atoms. The molecule has 1 unspecified atom stereocenters. The van der Waals surface area contributed by atoms with E-state index in [1.165, 1.54) is 0 Å². The molecule has 0 N–H and O–H groups in total. The summed E-state index contributed by atoms with van der Waals surface area (Å²) in [5.74, 6) is 1.62. The zero-order valence-electron chi connectivity index (χ0n) is 26.3. The maximum atomic E-state index is 13.1. The number of ether oxygens (including phenoxy) is 2. The molecule has 0 aliphatic carbocycles. The van der Waals surface area contributed by atoms with Crippen molar-refractivity contribution in [2.24, 2.45) is 0 Å². The first-order valence-electron chi connectivity index (χ1n) is 14.4. The molecule has 0 bridgehead atoms. The molecule has 226 valence electrons. The molecule has 1 heterocycles. The number of rotatable bonds is 13. The first-order chi connectivity index (χ1) is 19.3. The number of fused-ring (bicyclic) bond motifs is 2. The minimum Gasteiger partial charge on any atom is -0.460 e. The van der Waals surface area contributed by atoms with Gasteiger partial charge in [0, 0.05) is 111 Å². The van der Waals surface area contributed by atoms with Crippen molar-refractivity contribution < 1.29 is 23.6 Å². The first-order valence-corrected chi connectivity index (χ1v) is 15.9. The fraction of sp³-hybridized carbons (Fsp3) is 0.562. The molecule has 2 aromatic carbocycles. The molecule has 41 heavy (non-hydrogen) atoms. The van der Waals surface area contributed by atoms with Crippen LogP contribution in [0, 0.1) is 0 Å². The smallest absolute Gasteiger partial charge is 0.306 e. The van der Waals surface area contributed by atoms with E-state index in [1.54, 1.807) is 12.0 Å². The van der Waals surface area contributed by atoms with Gasteiger partial charge in [0.2, 0.25) is 5.91 Å². The van der Waals surface area contributed by atoms with Crippen LogP contribution in [0.4, 0.5) is 11.4 Å². The van der Waals surface area contributed by atoms with E-state index >= 15 is 0 Å². The largest absolute Gasteiger partial charge is 0.460 e. The Balaban J connectivity index is 1.65. The van der Waals surface area contributed by atoms with Gasteiger partial charge in [-0.1, -0.05) is 18.6 Å². The molecule has 2 aromatic rings. The van der Waals surface area contributed by atoms with Crippen molar-refractivity contribution in [3.8, 4) is 11.5 Å². The van der Waals surface area contributed by atoms with Crippen molar-refractivity contribution >= 4 is 31.4 Å². The highest BCUT2D eigenvalue weighted by Crippen LogP contribution is 2.62. The minimum atomic E-state index is -1.00. The molecule has 0 saturated carbocycles. The number of benzene rings is 2. The van der Waals surface area contributed by atoms with Crippen LogP contribution in [0.3, 0.4) is 0 Å². The van der Waals surface area contributed by atoms with Crippen molar-refractivity contribution in [1.82, 2.24) is 4.90 Å². The highest BCUT2D eigenvalue weighted by Gasteiger charge is 2.35. The lowest BCUT2D eigenvalue weighted by molar-refractivity contribution is -0.155. The van der Waals surface area contributed by atoms with Crippen LogP contribution in [-0.2, 0) is 18.8 Å². The van der Waals surface area contributed by atoms with Gasteiger partial charge in [0.05, 0.1) is 5.66 Å². The Kier molecular flexibility index (Phi) is 11.5. The highest BCUT2D eigenvalue weighted by molar-refractivity contribution is 7.53. The fourth-order valence-electron chi connectivity index (χ4n) is 4.86. The lowest BCUT2D eigenvalue weighted by Gasteiger charge is -2.34. The summed E-state index contributed by atoms with van der Waals surface area (Å²) in [6, 6.07) is 12.7. The molecular weight excluding hydrogens is 537 g/mol. The molecule has 0 aromatic heterocycles. The Morgan fingerprint density at radius 3 is 1.90 bits per heavy atom.